The van der Waals surface area contributed by atoms with E-state index in [-0.39, 0.29) is 5.82 Å². The first kappa shape index (κ1) is 24.8. The molecule has 4 rings (SSSR count). The number of piperidine rings is 1. The molecular weight excluding hydrogens is 443 g/mol. The van der Waals surface area contributed by atoms with Crippen LogP contribution in [0.25, 0.3) is 11.1 Å². The van der Waals surface area contributed by atoms with Crippen LogP contribution in [0.3, 0.4) is 0 Å². The molecule has 7 heteroatoms. The fraction of sp³-hybridized carbons (Fsp3) is 0.393. The van der Waals surface area contributed by atoms with E-state index in [4.69, 9.17) is 20.9 Å². The van der Waals surface area contributed by atoms with Crippen LogP contribution in [0.4, 0.5) is 15.9 Å². The van der Waals surface area contributed by atoms with Crippen molar-refractivity contribution in [1.82, 2.24) is 9.88 Å². The minimum Gasteiger partial charge on any atom is -0.493 e. The number of anilines is 2. The molecule has 1 aliphatic heterocycles. The van der Waals surface area contributed by atoms with Crippen LogP contribution < -0.4 is 20.9 Å². The van der Waals surface area contributed by atoms with Crippen molar-refractivity contribution in [3.8, 4) is 22.6 Å². The normalized spacial score (nSPS) is 14.7. The molecule has 0 atom stereocenters. The molecule has 1 saturated heterocycles. The zero-order chi connectivity index (χ0) is 24.9. The van der Waals surface area contributed by atoms with E-state index in [9.17, 15) is 4.39 Å². The molecule has 0 spiro atoms. The van der Waals surface area contributed by atoms with E-state index >= 15 is 0 Å². The molecule has 0 radical (unpaired) electrons. The Morgan fingerprint density at radius 3 is 2.17 bits per heavy atom. The molecule has 0 amide bonds. The van der Waals surface area contributed by atoms with Crippen LogP contribution in [-0.4, -0.2) is 36.2 Å². The first-order valence-corrected chi connectivity index (χ1v) is 12.3. The summed E-state index contributed by atoms with van der Waals surface area (Å²) in [5.74, 6) is 2.19. The summed E-state index contributed by atoms with van der Waals surface area (Å²) in [7, 11) is 0. The number of hydrogen-bond acceptors (Lipinski definition) is 6. The monoisotopic (exact) mass is 478 g/mol. The minimum atomic E-state index is -0.268. The molecule has 0 unspecified atom stereocenters. The second-order valence-electron chi connectivity index (χ2n) is 9.03. The molecular formula is C28H35FN4O2. The third kappa shape index (κ3) is 5.51. The Morgan fingerprint density at radius 1 is 1.00 bits per heavy atom. The SMILES string of the molecule is CCOc1cc(CN2CCC(c3c(N)cnc(N)c3C)CC2)cc(OCC)c1-c1ccc(F)cc1. The second-order valence-corrected chi connectivity index (χ2v) is 9.03. The van der Waals surface area contributed by atoms with Gasteiger partial charge in [-0.3, -0.25) is 4.90 Å². The van der Waals surface area contributed by atoms with Crippen LogP contribution in [0, 0.1) is 12.7 Å². The van der Waals surface area contributed by atoms with Gasteiger partial charge in [0.1, 0.15) is 23.1 Å². The minimum absolute atomic E-state index is 0.268. The summed E-state index contributed by atoms with van der Waals surface area (Å²) in [6.07, 6.45) is 3.70. The number of likely N-dealkylation sites (tertiary alicyclic amines) is 1. The van der Waals surface area contributed by atoms with Crippen molar-refractivity contribution in [3.63, 3.8) is 0 Å². The number of nitrogens with zero attached hydrogens (tertiary/aromatic N) is 2. The molecule has 1 aliphatic rings. The van der Waals surface area contributed by atoms with Gasteiger partial charge in [0.15, 0.2) is 0 Å². The Morgan fingerprint density at radius 2 is 1.60 bits per heavy atom. The van der Waals surface area contributed by atoms with E-state index < -0.39 is 0 Å². The van der Waals surface area contributed by atoms with E-state index in [2.05, 4.69) is 22.0 Å². The molecule has 35 heavy (non-hydrogen) atoms. The van der Waals surface area contributed by atoms with Gasteiger partial charge in [0, 0.05) is 6.54 Å². The van der Waals surface area contributed by atoms with E-state index in [1.165, 1.54) is 12.1 Å². The molecule has 0 aliphatic carbocycles. The first-order valence-electron chi connectivity index (χ1n) is 12.3. The highest BCUT2D eigenvalue weighted by atomic mass is 19.1. The summed E-state index contributed by atoms with van der Waals surface area (Å²) in [4.78, 5) is 6.63. The van der Waals surface area contributed by atoms with Crippen molar-refractivity contribution in [3.05, 3.63) is 65.1 Å². The molecule has 1 aromatic heterocycles. The van der Waals surface area contributed by atoms with Gasteiger partial charge in [-0.15, -0.1) is 0 Å². The largest absolute Gasteiger partial charge is 0.493 e. The smallest absolute Gasteiger partial charge is 0.131 e. The second kappa shape index (κ2) is 11.0. The van der Waals surface area contributed by atoms with E-state index in [0.29, 0.717) is 24.9 Å². The highest BCUT2D eigenvalue weighted by Crippen LogP contribution is 2.41. The molecule has 0 bridgehead atoms. The Hall–Kier alpha value is -3.32. The predicted molar refractivity (Wildman–Crippen MR) is 139 cm³/mol. The highest BCUT2D eigenvalue weighted by Gasteiger charge is 2.25. The van der Waals surface area contributed by atoms with Gasteiger partial charge in [-0.2, -0.15) is 0 Å². The lowest BCUT2D eigenvalue weighted by atomic mass is 9.86. The Bertz CT molecular complexity index is 1130. The number of nitrogens with two attached hydrogens (primary N) is 2. The quantitative estimate of drug-likeness (QED) is 0.442. The zero-order valence-corrected chi connectivity index (χ0v) is 20.8. The van der Waals surface area contributed by atoms with Gasteiger partial charge in [-0.1, -0.05) is 12.1 Å². The van der Waals surface area contributed by atoms with Gasteiger partial charge >= 0.3 is 0 Å². The van der Waals surface area contributed by atoms with Crippen LogP contribution in [0.15, 0.2) is 42.6 Å². The van der Waals surface area contributed by atoms with Gasteiger partial charge in [0.25, 0.3) is 0 Å². The van der Waals surface area contributed by atoms with Gasteiger partial charge in [0.05, 0.1) is 30.7 Å². The average Bonchev–Trinajstić information content (AvgIpc) is 2.84. The fourth-order valence-corrected chi connectivity index (χ4v) is 5.02. The van der Waals surface area contributed by atoms with E-state index in [1.807, 2.05) is 20.8 Å². The molecule has 1 fully saturated rings. The number of benzene rings is 2. The number of ether oxygens (including phenoxy) is 2. The Kier molecular flexibility index (Phi) is 7.76. The summed E-state index contributed by atoms with van der Waals surface area (Å²) in [6.45, 7) is 9.71. The van der Waals surface area contributed by atoms with E-state index in [1.54, 1.807) is 18.3 Å². The van der Waals surface area contributed by atoms with Crippen molar-refractivity contribution < 1.29 is 13.9 Å². The number of pyridine rings is 1. The van der Waals surface area contributed by atoms with Crippen LogP contribution >= 0.6 is 0 Å². The van der Waals surface area contributed by atoms with Gasteiger partial charge in [-0.25, -0.2) is 9.37 Å². The number of rotatable bonds is 8. The lowest BCUT2D eigenvalue weighted by Gasteiger charge is -2.33. The average molecular weight is 479 g/mol. The molecule has 2 aromatic carbocycles. The van der Waals surface area contributed by atoms with Crippen LogP contribution in [0.1, 0.15) is 49.3 Å². The molecule has 4 N–H and O–H groups in total. The van der Waals surface area contributed by atoms with Crippen LogP contribution in [-0.2, 0) is 6.54 Å². The standard InChI is InChI=1S/C28H35FN4O2/c1-4-34-24-14-19(15-25(35-5-2)27(24)20-6-8-22(29)9-7-20)17-33-12-10-21(11-13-33)26-18(3)28(31)32-16-23(26)30/h6-9,14-16,21H,4-5,10-13,17,30H2,1-3H3,(H2,31,32). The van der Waals surface area contributed by atoms with Gasteiger partial charge in [0.2, 0.25) is 0 Å². The van der Waals surface area contributed by atoms with Crippen LogP contribution in [0.5, 0.6) is 11.5 Å². The lowest BCUT2D eigenvalue weighted by Crippen LogP contribution is -2.33. The van der Waals surface area contributed by atoms with Crippen LogP contribution in [0.2, 0.25) is 0 Å². The van der Waals surface area contributed by atoms with Crippen molar-refractivity contribution >= 4 is 11.5 Å². The Labute approximate surface area is 207 Å². The lowest BCUT2D eigenvalue weighted by molar-refractivity contribution is 0.204. The maximum Gasteiger partial charge on any atom is 0.131 e. The summed E-state index contributed by atoms with van der Waals surface area (Å²) in [5, 5.41) is 0. The van der Waals surface area contributed by atoms with Gasteiger partial charge in [-0.05, 0) is 99.1 Å². The molecule has 0 saturated carbocycles. The third-order valence-corrected chi connectivity index (χ3v) is 6.70. The number of hydrogen-bond donors (Lipinski definition) is 2. The number of nitrogen functional groups attached to an aromatic ring is 2. The van der Waals surface area contributed by atoms with Crippen molar-refractivity contribution in [1.29, 1.82) is 0 Å². The molecule has 2 heterocycles. The molecule has 6 nitrogen and oxygen atoms in total. The maximum absolute atomic E-state index is 13.5. The summed E-state index contributed by atoms with van der Waals surface area (Å²) in [6, 6.07) is 10.6. The third-order valence-electron chi connectivity index (χ3n) is 6.70. The topological polar surface area (TPSA) is 86.6 Å². The summed E-state index contributed by atoms with van der Waals surface area (Å²) >= 11 is 0. The van der Waals surface area contributed by atoms with Crippen molar-refractivity contribution in [2.24, 2.45) is 0 Å². The fourth-order valence-electron chi connectivity index (χ4n) is 5.02. The number of halogens is 1. The van der Waals surface area contributed by atoms with E-state index in [0.717, 1.165) is 77.5 Å². The summed E-state index contributed by atoms with van der Waals surface area (Å²) < 4.78 is 25.6. The zero-order valence-electron chi connectivity index (χ0n) is 20.8. The highest BCUT2D eigenvalue weighted by molar-refractivity contribution is 5.77. The molecule has 3 aromatic rings. The predicted octanol–water partition coefficient (Wildman–Crippen LogP) is 5.54. The van der Waals surface area contributed by atoms with Gasteiger partial charge < -0.3 is 20.9 Å². The maximum atomic E-state index is 13.5. The van der Waals surface area contributed by atoms with Crippen molar-refractivity contribution in [2.45, 2.75) is 46.1 Å². The molecule has 186 valence electrons. The first-order chi connectivity index (χ1) is 16.9. The summed E-state index contributed by atoms with van der Waals surface area (Å²) in [5.41, 5.74) is 18.0. The van der Waals surface area contributed by atoms with Crippen molar-refractivity contribution in [2.75, 3.05) is 37.8 Å². The Balaban J connectivity index is 1.55. The number of aromatic nitrogens is 1.